The summed E-state index contributed by atoms with van der Waals surface area (Å²) in [5.41, 5.74) is 4.37. The first-order chi connectivity index (χ1) is 20.7. The van der Waals surface area contributed by atoms with E-state index in [0.29, 0.717) is 36.8 Å². The Morgan fingerprint density at radius 3 is 2.19 bits per heavy atom. The van der Waals surface area contributed by atoms with Crippen LogP contribution in [0, 0.1) is 17.3 Å². The number of aryl methyl sites for hydroxylation is 1. The van der Waals surface area contributed by atoms with Crippen LogP contribution in [0.15, 0.2) is 90.5 Å². The highest BCUT2D eigenvalue weighted by atomic mass is 35.5. The number of fused-ring (bicyclic) bond motifs is 6. The maximum Gasteiger partial charge on any atom is 0.319 e. The van der Waals surface area contributed by atoms with Crippen LogP contribution in [0.25, 0.3) is 0 Å². The summed E-state index contributed by atoms with van der Waals surface area (Å²) in [6.45, 7) is 10.9. The zero-order valence-corrected chi connectivity index (χ0v) is 27.8. The second kappa shape index (κ2) is 10.9. The van der Waals surface area contributed by atoms with Crippen molar-refractivity contribution in [3.8, 4) is 5.75 Å². The summed E-state index contributed by atoms with van der Waals surface area (Å²) < 4.78 is 20.3. The van der Waals surface area contributed by atoms with E-state index < -0.39 is 14.1 Å². The monoisotopic (exact) mass is 612 g/mol. The molecule has 0 radical (unpaired) electrons. The molecule has 0 aromatic heterocycles. The van der Waals surface area contributed by atoms with Gasteiger partial charge in [0.1, 0.15) is 5.75 Å². The van der Waals surface area contributed by atoms with Crippen molar-refractivity contribution in [2.24, 2.45) is 17.3 Å². The molecule has 0 amide bonds. The van der Waals surface area contributed by atoms with Crippen LogP contribution < -0.4 is 14.8 Å². The average Bonchev–Trinajstić information content (AvgIpc) is 3.61. The van der Waals surface area contributed by atoms with E-state index in [-0.39, 0.29) is 10.5 Å². The number of hydrogen-bond donors (Lipinski definition) is 0. The Morgan fingerprint density at radius 2 is 1.58 bits per heavy atom. The van der Waals surface area contributed by atoms with Crippen molar-refractivity contribution in [3.05, 3.63) is 102 Å². The van der Waals surface area contributed by atoms with E-state index >= 15 is 0 Å². The Labute approximate surface area is 263 Å². The number of allylic oxidation sites excluding steroid dienone is 2. The second-order valence-electron chi connectivity index (χ2n) is 14.4. The van der Waals surface area contributed by atoms with Crippen molar-refractivity contribution in [1.82, 2.24) is 0 Å². The lowest BCUT2D eigenvalue weighted by molar-refractivity contribution is -0.232. The van der Waals surface area contributed by atoms with Crippen LogP contribution in [-0.4, -0.2) is 33.2 Å². The van der Waals surface area contributed by atoms with Crippen LogP contribution in [0.2, 0.25) is 5.04 Å². The lowest BCUT2D eigenvalue weighted by Gasteiger charge is -2.54. The normalized spacial score (nSPS) is 28.9. The van der Waals surface area contributed by atoms with Gasteiger partial charge in [-0.2, -0.15) is 0 Å². The van der Waals surface area contributed by atoms with Crippen molar-refractivity contribution in [2.75, 3.05) is 19.1 Å². The molecule has 4 unspecified atom stereocenters. The zero-order chi connectivity index (χ0) is 29.9. The molecular weight excluding hydrogens is 568 g/mol. The fraction of sp³-hybridized carbons (Fsp3) is 0.474. The molecule has 3 aliphatic carbocycles. The Balaban J connectivity index is 1.28. The van der Waals surface area contributed by atoms with Gasteiger partial charge < -0.3 is 13.9 Å². The van der Waals surface area contributed by atoms with E-state index in [1.807, 2.05) is 0 Å². The molecule has 1 heterocycles. The molecule has 7 rings (SSSR count). The number of hydrogen-bond acceptors (Lipinski definition) is 3. The SMILES string of the molecule is CC12C/C(=C\CCl)C3c4ccc(O[Si](c5ccccc5)(c5ccccc5)C(C)(C)C)cc4CCC3C1CCC21OCCO1. The number of ether oxygens (including phenoxy) is 2. The van der Waals surface area contributed by atoms with Gasteiger partial charge >= 0.3 is 8.32 Å². The molecule has 3 fully saturated rings. The second-order valence-corrected chi connectivity index (χ2v) is 19.0. The summed E-state index contributed by atoms with van der Waals surface area (Å²) >= 11 is 6.44. The molecule has 3 aromatic carbocycles. The maximum absolute atomic E-state index is 7.43. The van der Waals surface area contributed by atoms with Gasteiger partial charge in [0.2, 0.25) is 0 Å². The van der Waals surface area contributed by atoms with Gasteiger partial charge in [0.15, 0.2) is 5.79 Å². The van der Waals surface area contributed by atoms with Crippen LogP contribution in [0.3, 0.4) is 0 Å². The average molecular weight is 613 g/mol. The van der Waals surface area contributed by atoms with Gasteiger partial charge in [-0.25, -0.2) is 0 Å². The molecule has 3 nitrogen and oxygen atoms in total. The molecule has 3 aromatic rings. The Kier molecular flexibility index (Phi) is 7.44. The van der Waals surface area contributed by atoms with Crippen molar-refractivity contribution in [1.29, 1.82) is 0 Å². The van der Waals surface area contributed by atoms with Gasteiger partial charge in [-0.1, -0.05) is 106 Å². The van der Waals surface area contributed by atoms with Crippen LogP contribution in [0.1, 0.15) is 70.4 Å². The van der Waals surface area contributed by atoms with Crippen LogP contribution in [0.4, 0.5) is 0 Å². The third-order valence-corrected chi connectivity index (χ3v) is 16.5. The van der Waals surface area contributed by atoms with Crippen LogP contribution in [-0.2, 0) is 15.9 Å². The Hall–Kier alpha value is -2.37. The van der Waals surface area contributed by atoms with E-state index in [9.17, 15) is 0 Å². The van der Waals surface area contributed by atoms with E-state index in [0.717, 1.165) is 25.0 Å². The molecule has 5 heteroatoms. The lowest BCUT2D eigenvalue weighted by Crippen LogP contribution is -2.68. The number of benzene rings is 3. The van der Waals surface area contributed by atoms with Gasteiger partial charge in [0.25, 0.3) is 0 Å². The third kappa shape index (κ3) is 4.50. The maximum atomic E-state index is 7.43. The van der Waals surface area contributed by atoms with E-state index in [2.05, 4.69) is 113 Å². The first-order valence-electron chi connectivity index (χ1n) is 16.2. The first kappa shape index (κ1) is 29.3. The van der Waals surface area contributed by atoms with Gasteiger partial charge in [-0.05, 0) is 76.2 Å². The Bertz CT molecular complexity index is 1450. The van der Waals surface area contributed by atoms with Gasteiger partial charge in [0.05, 0.1) is 13.2 Å². The van der Waals surface area contributed by atoms with Gasteiger partial charge in [0, 0.05) is 23.6 Å². The summed E-state index contributed by atoms with van der Waals surface area (Å²) in [5.74, 6) is 2.67. The fourth-order valence-electron chi connectivity index (χ4n) is 9.56. The molecule has 1 aliphatic heterocycles. The minimum absolute atomic E-state index is 0.00755. The highest BCUT2D eigenvalue weighted by Gasteiger charge is 2.66. The highest BCUT2D eigenvalue weighted by Crippen LogP contribution is 2.67. The quantitative estimate of drug-likeness (QED) is 0.166. The standard InChI is InChI=1S/C38H45ClO3Si/c1-36(2,3)43(30-11-7-5-8-12-30,31-13-9-6-10-14-31)42-29-16-18-32-27(25-29)15-17-33-34-19-21-38(40-23-24-41-38)37(34,4)26-28(20-22-39)35(32)33/h5-14,16,18,20,25,33-35H,15,17,19,21-24,26H2,1-4H3/b28-20+. The molecular formula is C38H45ClO3Si. The molecule has 1 saturated heterocycles. The first-order valence-corrected chi connectivity index (χ1v) is 18.6. The van der Waals surface area contributed by atoms with Crippen molar-refractivity contribution in [2.45, 2.75) is 76.5 Å². The minimum Gasteiger partial charge on any atom is -0.534 e. The van der Waals surface area contributed by atoms with Gasteiger partial charge in [-0.3, -0.25) is 0 Å². The van der Waals surface area contributed by atoms with Crippen molar-refractivity contribution in [3.63, 3.8) is 0 Å². The number of halogens is 1. The molecule has 4 aliphatic rings. The predicted octanol–water partition coefficient (Wildman–Crippen LogP) is 8.00. The van der Waals surface area contributed by atoms with Crippen molar-refractivity contribution >= 4 is 30.3 Å². The summed E-state index contributed by atoms with van der Waals surface area (Å²) in [5, 5.41) is 2.53. The van der Waals surface area contributed by atoms with Crippen LogP contribution in [0.5, 0.6) is 5.75 Å². The van der Waals surface area contributed by atoms with Crippen LogP contribution >= 0.6 is 11.6 Å². The zero-order valence-electron chi connectivity index (χ0n) is 26.1. The Morgan fingerprint density at radius 1 is 0.930 bits per heavy atom. The van der Waals surface area contributed by atoms with Gasteiger partial charge in [-0.15, -0.1) is 11.6 Å². The van der Waals surface area contributed by atoms with E-state index in [1.54, 1.807) is 0 Å². The summed E-state index contributed by atoms with van der Waals surface area (Å²) in [6, 6.07) is 28.9. The summed E-state index contributed by atoms with van der Waals surface area (Å²) in [7, 11) is -2.70. The smallest absolute Gasteiger partial charge is 0.319 e. The summed E-state index contributed by atoms with van der Waals surface area (Å²) in [4.78, 5) is 0. The molecule has 2 saturated carbocycles. The van der Waals surface area contributed by atoms with Crippen molar-refractivity contribution < 1.29 is 13.9 Å². The largest absolute Gasteiger partial charge is 0.534 e. The number of alkyl halides is 1. The molecule has 0 bridgehead atoms. The summed E-state index contributed by atoms with van der Waals surface area (Å²) in [6.07, 6.45) is 7.72. The highest BCUT2D eigenvalue weighted by molar-refractivity contribution is 7.00. The lowest BCUT2D eigenvalue weighted by atomic mass is 9.53. The topological polar surface area (TPSA) is 27.7 Å². The molecule has 226 valence electrons. The fourth-order valence-corrected chi connectivity index (χ4v) is 14.2. The third-order valence-electron chi connectivity index (χ3n) is 11.4. The molecule has 43 heavy (non-hydrogen) atoms. The number of rotatable bonds is 5. The molecule has 4 atom stereocenters. The predicted molar refractivity (Wildman–Crippen MR) is 178 cm³/mol. The molecule has 0 N–H and O–H groups in total. The molecule has 1 spiro atoms. The van der Waals surface area contributed by atoms with E-state index in [1.165, 1.54) is 39.9 Å². The minimum atomic E-state index is -2.70. The van der Waals surface area contributed by atoms with E-state index in [4.69, 9.17) is 25.5 Å².